The molecule has 0 saturated heterocycles. The van der Waals surface area contributed by atoms with E-state index in [0.29, 0.717) is 39.6 Å². The maximum atomic E-state index is 11.8. The molecule has 0 radical (unpaired) electrons. The van der Waals surface area contributed by atoms with Crippen molar-refractivity contribution in [3.8, 4) is 22.8 Å². The van der Waals surface area contributed by atoms with E-state index in [1.165, 1.54) is 10.7 Å². The molecule has 0 bridgehead atoms. The van der Waals surface area contributed by atoms with Crippen molar-refractivity contribution in [2.24, 2.45) is 0 Å². The number of fused-ring (bicyclic) bond motifs is 1. The number of rotatable bonds is 4. The number of methoxy groups -OCH3 is 1. The lowest BCUT2D eigenvalue weighted by molar-refractivity contribution is -0.254. The molecule has 0 saturated carbocycles. The van der Waals surface area contributed by atoms with Gasteiger partial charge in [0.25, 0.3) is 0 Å². The fraction of sp³-hybridized carbons (Fsp3) is 0.100. The average molecular weight is 359 g/mol. The molecule has 0 N–H and O–H groups in total. The largest absolute Gasteiger partial charge is 0.545 e. The summed E-state index contributed by atoms with van der Waals surface area (Å²) < 4.78 is 6.93. The highest BCUT2D eigenvalue weighted by Gasteiger charge is 2.19. The third kappa shape index (κ3) is 2.79. The van der Waals surface area contributed by atoms with Gasteiger partial charge >= 0.3 is 0 Å². The Bertz CT molecular complexity index is 1150. The Labute approximate surface area is 154 Å². The molecular weight excluding hydrogens is 344 g/mol. The van der Waals surface area contributed by atoms with Crippen molar-refractivity contribution in [3.63, 3.8) is 0 Å². The van der Waals surface area contributed by atoms with Crippen LogP contribution in [-0.2, 0) is 0 Å². The molecule has 0 spiro atoms. The molecule has 134 valence electrons. The second-order valence-electron chi connectivity index (χ2n) is 5.93. The summed E-state index contributed by atoms with van der Waals surface area (Å²) >= 11 is 0. The molecule has 4 aromatic rings. The molecule has 3 heterocycles. The van der Waals surface area contributed by atoms with Gasteiger partial charge in [-0.3, -0.25) is 0 Å². The van der Waals surface area contributed by atoms with Crippen molar-refractivity contribution in [2.75, 3.05) is 7.11 Å². The molecule has 0 aliphatic rings. The minimum atomic E-state index is -1.29. The standard InChI is InChI=1S/C20H16N4O3/c1-12-18-14(20(25)26)11-15(13-7-3-4-8-16(13)27-2)22-19(18)24(23-12)17-9-5-6-10-21-17/h3-11H,1-2H3,(H,25,26)/p-1. The van der Waals surface area contributed by atoms with Crippen LogP contribution in [0.15, 0.2) is 54.7 Å². The van der Waals surface area contributed by atoms with Gasteiger partial charge in [-0.1, -0.05) is 18.2 Å². The van der Waals surface area contributed by atoms with E-state index in [4.69, 9.17) is 4.74 Å². The summed E-state index contributed by atoms with van der Waals surface area (Å²) in [6.07, 6.45) is 1.64. The number of pyridine rings is 2. The van der Waals surface area contributed by atoms with E-state index in [1.807, 2.05) is 24.3 Å². The fourth-order valence-electron chi connectivity index (χ4n) is 3.08. The van der Waals surface area contributed by atoms with Gasteiger partial charge in [0.1, 0.15) is 5.75 Å². The Morgan fingerprint density at radius 1 is 1.15 bits per heavy atom. The summed E-state index contributed by atoms with van der Waals surface area (Å²) in [5.41, 5.74) is 2.09. The molecule has 7 heteroatoms. The minimum Gasteiger partial charge on any atom is -0.545 e. The summed E-state index contributed by atoms with van der Waals surface area (Å²) in [7, 11) is 1.55. The third-order valence-electron chi connectivity index (χ3n) is 4.28. The van der Waals surface area contributed by atoms with Gasteiger partial charge in [0.2, 0.25) is 0 Å². The van der Waals surface area contributed by atoms with Crippen molar-refractivity contribution in [1.82, 2.24) is 19.7 Å². The molecular formula is C20H15N4O3-. The van der Waals surface area contributed by atoms with E-state index in [9.17, 15) is 9.90 Å². The molecule has 27 heavy (non-hydrogen) atoms. The van der Waals surface area contributed by atoms with Crippen molar-refractivity contribution in [1.29, 1.82) is 0 Å². The lowest BCUT2D eigenvalue weighted by atomic mass is 10.0. The van der Waals surface area contributed by atoms with Gasteiger partial charge in [-0.25, -0.2) is 9.97 Å². The van der Waals surface area contributed by atoms with Gasteiger partial charge in [0, 0.05) is 17.3 Å². The highest BCUT2D eigenvalue weighted by atomic mass is 16.5. The summed E-state index contributed by atoms with van der Waals surface area (Å²) in [4.78, 5) is 20.8. The second kappa shape index (κ2) is 6.53. The molecule has 0 aliphatic carbocycles. The molecule has 7 nitrogen and oxygen atoms in total. The van der Waals surface area contributed by atoms with Crippen molar-refractivity contribution in [2.45, 2.75) is 6.92 Å². The first-order valence-corrected chi connectivity index (χ1v) is 8.26. The van der Waals surface area contributed by atoms with E-state index < -0.39 is 5.97 Å². The molecule has 4 rings (SSSR count). The molecule has 3 aromatic heterocycles. The molecule has 0 atom stereocenters. The summed E-state index contributed by atoms with van der Waals surface area (Å²) in [6, 6.07) is 14.2. The summed E-state index contributed by atoms with van der Waals surface area (Å²) in [5, 5.41) is 16.7. The number of benzene rings is 1. The molecule has 1 aromatic carbocycles. The first kappa shape index (κ1) is 16.7. The van der Waals surface area contributed by atoms with Crippen LogP contribution in [0.4, 0.5) is 0 Å². The monoisotopic (exact) mass is 359 g/mol. The second-order valence-corrected chi connectivity index (χ2v) is 5.93. The molecule has 0 aliphatic heterocycles. The topological polar surface area (TPSA) is 93.0 Å². The quantitative estimate of drug-likeness (QED) is 0.554. The van der Waals surface area contributed by atoms with E-state index in [2.05, 4.69) is 15.1 Å². The summed E-state index contributed by atoms with van der Waals surface area (Å²) in [5.74, 6) is -0.152. The summed E-state index contributed by atoms with van der Waals surface area (Å²) in [6.45, 7) is 1.73. The maximum absolute atomic E-state index is 11.8. The number of aromatic carboxylic acids is 1. The lowest BCUT2D eigenvalue weighted by Gasteiger charge is -2.12. The number of nitrogens with zero attached hydrogens (tertiary/aromatic N) is 4. The van der Waals surface area contributed by atoms with Crippen LogP contribution in [0.3, 0.4) is 0 Å². The Morgan fingerprint density at radius 3 is 2.63 bits per heavy atom. The Balaban J connectivity index is 2.07. The Kier molecular flexibility index (Phi) is 4.04. The number of carboxylic acids is 1. The maximum Gasteiger partial charge on any atom is 0.166 e. The zero-order chi connectivity index (χ0) is 19.0. The minimum absolute atomic E-state index is 0.0283. The van der Waals surface area contributed by atoms with Crippen LogP contribution in [-0.4, -0.2) is 32.8 Å². The average Bonchev–Trinajstić information content (AvgIpc) is 3.04. The third-order valence-corrected chi connectivity index (χ3v) is 4.28. The highest BCUT2D eigenvalue weighted by molar-refractivity contribution is 6.03. The molecule has 0 amide bonds. The number of carbonyl (C=O) groups excluding carboxylic acids is 1. The van der Waals surface area contributed by atoms with Crippen LogP contribution in [0, 0.1) is 6.92 Å². The van der Waals surface area contributed by atoms with Crippen molar-refractivity contribution in [3.05, 3.63) is 66.0 Å². The molecule has 0 fully saturated rings. The fourth-order valence-corrected chi connectivity index (χ4v) is 3.08. The van der Waals surface area contributed by atoms with Crippen LogP contribution in [0.25, 0.3) is 28.1 Å². The number of carboxylic acid groups (broad SMARTS) is 1. The first-order valence-electron chi connectivity index (χ1n) is 8.26. The van der Waals surface area contributed by atoms with Crippen LogP contribution < -0.4 is 9.84 Å². The lowest BCUT2D eigenvalue weighted by Crippen LogP contribution is -2.23. The number of hydrogen-bond acceptors (Lipinski definition) is 6. The van der Waals surface area contributed by atoms with E-state index in [1.54, 1.807) is 38.4 Å². The zero-order valence-corrected chi connectivity index (χ0v) is 14.7. The van der Waals surface area contributed by atoms with Crippen LogP contribution >= 0.6 is 0 Å². The van der Waals surface area contributed by atoms with E-state index in [0.717, 1.165) is 0 Å². The smallest absolute Gasteiger partial charge is 0.166 e. The van der Waals surface area contributed by atoms with Gasteiger partial charge in [-0.15, -0.1) is 0 Å². The van der Waals surface area contributed by atoms with Gasteiger partial charge < -0.3 is 14.6 Å². The predicted octanol–water partition coefficient (Wildman–Crippen LogP) is 2.16. The van der Waals surface area contributed by atoms with Crippen molar-refractivity contribution >= 4 is 17.0 Å². The van der Waals surface area contributed by atoms with Crippen LogP contribution in [0.5, 0.6) is 5.75 Å². The van der Waals surface area contributed by atoms with Crippen LogP contribution in [0.2, 0.25) is 0 Å². The normalized spacial score (nSPS) is 10.9. The van der Waals surface area contributed by atoms with Gasteiger partial charge in [-0.05, 0) is 37.3 Å². The van der Waals surface area contributed by atoms with E-state index >= 15 is 0 Å². The number of aryl methyl sites for hydroxylation is 1. The van der Waals surface area contributed by atoms with Gasteiger partial charge in [0.15, 0.2) is 11.5 Å². The zero-order valence-electron chi connectivity index (χ0n) is 14.7. The van der Waals surface area contributed by atoms with Gasteiger partial charge in [0.05, 0.1) is 29.9 Å². The SMILES string of the molecule is COc1ccccc1-c1cc(C(=O)[O-])c2c(C)nn(-c3ccccn3)c2n1. The predicted molar refractivity (Wildman–Crippen MR) is 97.7 cm³/mol. The van der Waals surface area contributed by atoms with Crippen LogP contribution in [0.1, 0.15) is 16.1 Å². The Morgan fingerprint density at radius 2 is 1.93 bits per heavy atom. The van der Waals surface area contributed by atoms with Gasteiger partial charge in [-0.2, -0.15) is 9.78 Å². The number of para-hydroxylation sites is 1. The Hall–Kier alpha value is -3.74. The molecule has 0 unspecified atom stereocenters. The van der Waals surface area contributed by atoms with E-state index in [-0.39, 0.29) is 5.56 Å². The number of aromatic nitrogens is 4. The first-order chi connectivity index (χ1) is 13.1. The van der Waals surface area contributed by atoms with Crippen molar-refractivity contribution < 1.29 is 14.6 Å². The number of carbonyl (C=O) groups is 1. The number of hydrogen-bond donors (Lipinski definition) is 0. The number of ether oxygens (including phenoxy) is 1. The highest BCUT2D eigenvalue weighted by Crippen LogP contribution is 2.32.